The van der Waals surface area contributed by atoms with Gasteiger partial charge in [0.15, 0.2) is 0 Å². The molecule has 0 aromatic rings. The molecule has 0 bridgehead atoms. The molecule has 12 heavy (non-hydrogen) atoms. The van der Waals surface area contributed by atoms with Gasteiger partial charge in [0.25, 0.3) is 0 Å². The van der Waals surface area contributed by atoms with Crippen molar-refractivity contribution in [2.45, 2.75) is 64.2 Å². The van der Waals surface area contributed by atoms with E-state index in [9.17, 15) is 0 Å². The molecular weight excluding hydrogens is 150 g/mol. The van der Waals surface area contributed by atoms with E-state index in [0.717, 1.165) is 19.3 Å². The predicted octanol–water partition coefficient (Wildman–Crippen LogP) is 2.07. The summed E-state index contributed by atoms with van der Waals surface area (Å²) < 4.78 is 5.70. The normalized spacial score (nSPS) is 32.2. The van der Waals surface area contributed by atoms with Crippen molar-refractivity contribution in [3.05, 3.63) is 0 Å². The van der Waals surface area contributed by atoms with Gasteiger partial charge in [0, 0.05) is 6.04 Å². The standard InChI is InChI=1S/C10H21NO/c1-3-9(11)5-7-10-6-4-8(2)12-10/h8-10H,3-7,11H2,1-2H3. The number of hydrogen-bond acceptors (Lipinski definition) is 2. The molecule has 0 spiro atoms. The van der Waals surface area contributed by atoms with Crippen LogP contribution < -0.4 is 5.73 Å². The van der Waals surface area contributed by atoms with E-state index in [-0.39, 0.29) is 0 Å². The Hall–Kier alpha value is -0.0800. The van der Waals surface area contributed by atoms with E-state index in [1.807, 2.05) is 0 Å². The maximum absolute atomic E-state index is 5.83. The van der Waals surface area contributed by atoms with Crippen molar-refractivity contribution in [2.24, 2.45) is 5.73 Å². The summed E-state index contributed by atoms with van der Waals surface area (Å²) in [6.07, 6.45) is 6.80. The van der Waals surface area contributed by atoms with Crippen LogP contribution in [0.4, 0.5) is 0 Å². The average molecular weight is 171 g/mol. The van der Waals surface area contributed by atoms with Crippen molar-refractivity contribution in [1.29, 1.82) is 0 Å². The maximum Gasteiger partial charge on any atom is 0.0580 e. The molecule has 1 aliphatic heterocycles. The summed E-state index contributed by atoms with van der Waals surface area (Å²) in [6.45, 7) is 4.29. The third-order valence-corrected chi connectivity index (χ3v) is 2.70. The zero-order valence-corrected chi connectivity index (χ0v) is 8.25. The van der Waals surface area contributed by atoms with Gasteiger partial charge < -0.3 is 10.5 Å². The highest BCUT2D eigenvalue weighted by Crippen LogP contribution is 2.22. The molecule has 1 heterocycles. The second-order valence-electron chi connectivity index (χ2n) is 3.89. The SMILES string of the molecule is CCC(N)CCC1CCC(C)O1. The largest absolute Gasteiger partial charge is 0.375 e. The highest BCUT2D eigenvalue weighted by Gasteiger charge is 2.21. The number of hydrogen-bond donors (Lipinski definition) is 1. The van der Waals surface area contributed by atoms with Gasteiger partial charge >= 0.3 is 0 Å². The molecule has 2 N–H and O–H groups in total. The summed E-state index contributed by atoms with van der Waals surface area (Å²) in [6, 6.07) is 0.379. The zero-order valence-electron chi connectivity index (χ0n) is 8.25. The third-order valence-electron chi connectivity index (χ3n) is 2.70. The molecule has 0 aromatic heterocycles. The van der Waals surface area contributed by atoms with Crippen LogP contribution >= 0.6 is 0 Å². The van der Waals surface area contributed by atoms with Crippen molar-refractivity contribution in [1.82, 2.24) is 0 Å². The summed E-state index contributed by atoms with van der Waals surface area (Å²) in [4.78, 5) is 0. The van der Waals surface area contributed by atoms with Gasteiger partial charge in [-0.05, 0) is 39.0 Å². The van der Waals surface area contributed by atoms with E-state index in [1.54, 1.807) is 0 Å². The van der Waals surface area contributed by atoms with E-state index in [2.05, 4.69) is 13.8 Å². The van der Waals surface area contributed by atoms with Gasteiger partial charge in [-0.2, -0.15) is 0 Å². The number of nitrogens with two attached hydrogens (primary N) is 1. The minimum absolute atomic E-state index is 0.379. The Balaban J connectivity index is 2.07. The van der Waals surface area contributed by atoms with E-state index in [1.165, 1.54) is 12.8 Å². The second kappa shape index (κ2) is 4.83. The number of rotatable bonds is 4. The lowest BCUT2D eigenvalue weighted by molar-refractivity contribution is 0.0487. The molecule has 0 radical (unpaired) electrons. The van der Waals surface area contributed by atoms with Crippen LogP contribution in [0.3, 0.4) is 0 Å². The molecule has 3 unspecified atom stereocenters. The van der Waals surface area contributed by atoms with Crippen molar-refractivity contribution in [3.63, 3.8) is 0 Å². The van der Waals surface area contributed by atoms with Crippen LogP contribution in [0.2, 0.25) is 0 Å². The lowest BCUT2D eigenvalue weighted by Crippen LogP contribution is -2.21. The highest BCUT2D eigenvalue weighted by molar-refractivity contribution is 4.72. The molecule has 0 saturated carbocycles. The van der Waals surface area contributed by atoms with Gasteiger partial charge in [-0.1, -0.05) is 6.92 Å². The quantitative estimate of drug-likeness (QED) is 0.702. The van der Waals surface area contributed by atoms with Crippen LogP contribution in [-0.2, 0) is 4.74 Å². The van der Waals surface area contributed by atoms with Crippen LogP contribution in [-0.4, -0.2) is 18.2 Å². The second-order valence-corrected chi connectivity index (χ2v) is 3.89. The topological polar surface area (TPSA) is 35.2 Å². The minimum Gasteiger partial charge on any atom is -0.375 e. The van der Waals surface area contributed by atoms with Gasteiger partial charge in [0.05, 0.1) is 12.2 Å². The van der Waals surface area contributed by atoms with Crippen molar-refractivity contribution >= 4 is 0 Å². The lowest BCUT2D eigenvalue weighted by atomic mass is 10.0. The lowest BCUT2D eigenvalue weighted by Gasteiger charge is -2.13. The van der Waals surface area contributed by atoms with Gasteiger partial charge in [-0.3, -0.25) is 0 Å². The molecule has 3 atom stereocenters. The first-order valence-electron chi connectivity index (χ1n) is 5.13. The molecule has 0 aliphatic carbocycles. The molecule has 1 fully saturated rings. The summed E-state index contributed by atoms with van der Waals surface area (Å²) in [5, 5.41) is 0. The van der Waals surface area contributed by atoms with Gasteiger partial charge in [0.2, 0.25) is 0 Å². The first-order valence-corrected chi connectivity index (χ1v) is 5.13. The van der Waals surface area contributed by atoms with Crippen LogP contribution in [0, 0.1) is 0 Å². The average Bonchev–Trinajstić information content (AvgIpc) is 2.47. The molecule has 72 valence electrons. The van der Waals surface area contributed by atoms with E-state index < -0.39 is 0 Å². The van der Waals surface area contributed by atoms with Gasteiger partial charge in [0.1, 0.15) is 0 Å². The maximum atomic E-state index is 5.83. The predicted molar refractivity (Wildman–Crippen MR) is 51.1 cm³/mol. The first-order chi connectivity index (χ1) is 5.72. The fraction of sp³-hybridized carbons (Fsp3) is 1.00. The number of ether oxygens (including phenoxy) is 1. The molecule has 1 aliphatic rings. The van der Waals surface area contributed by atoms with Crippen molar-refractivity contribution in [2.75, 3.05) is 0 Å². The third kappa shape index (κ3) is 3.11. The Morgan fingerprint density at radius 1 is 1.50 bits per heavy atom. The fourth-order valence-corrected chi connectivity index (χ4v) is 1.70. The van der Waals surface area contributed by atoms with Crippen molar-refractivity contribution in [3.8, 4) is 0 Å². The van der Waals surface area contributed by atoms with Crippen LogP contribution in [0.15, 0.2) is 0 Å². The Labute approximate surface area is 75.5 Å². The van der Waals surface area contributed by atoms with Crippen LogP contribution in [0.25, 0.3) is 0 Å². The van der Waals surface area contributed by atoms with Gasteiger partial charge in [-0.15, -0.1) is 0 Å². The Kier molecular flexibility index (Phi) is 4.02. The molecule has 1 saturated heterocycles. The Morgan fingerprint density at radius 3 is 2.75 bits per heavy atom. The smallest absolute Gasteiger partial charge is 0.0580 e. The molecular formula is C10H21NO. The van der Waals surface area contributed by atoms with Gasteiger partial charge in [-0.25, -0.2) is 0 Å². The Bertz CT molecular complexity index is 127. The van der Waals surface area contributed by atoms with E-state index in [4.69, 9.17) is 10.5 Å². The monoisotopic (exact) mass is 171 g/mol. The summed E-state index contributed by atoms with van der Waals surface area (Å²) in [7, 11) is 0. The van der Waals surface area contributed by atoms with E-state index in [0.29, 0.717) is 18.2 Å². The summed E-state index contributed by atoms with van der Waals surface area (Å²) in [5.74, 6) is 0. The molecule has 2 nitrogen and oxygen atoms in total. The Morgan fingerprint density at radius 2 is 2.25 bits per heavy atom. The zero-order chi connectivity index (χ0) is 8.97. The summed E-state index contributed by atoms with van der Waals surface area (Å²) >= 11 is 0. The van der Waals surface area contributed by atoms with Crippen LogP contribution in [0.1, 0.15) is 46.0 Å². The molecule has 1 rings (SSSR count). The minimum atomic E-state index is 0.379. The molecule has 0 aromatic carbocycles. The van der Waals surface area contributed by atoms with Crippen molar-refractivity contribution < 1.29 is 4.74 Å². The van der Waals surface area contributed by atoms with E-state index >= 15 is 0 Å². The first kappa shape index (κ1) is 10.0. The fourth-order valence-electron chi connectivity index (χ4n) is 1.70. The van der Waals surface area contributed by atoms with Crippen LogP contribution in [0.5, 0.6) is 0 Å². The summed E-state index contributed by atoms with van der Waals surface area (Å²) in [5.41, 5.74) is 5.83. The highest BCUT2D eigenvalue weighted by atomic mass is 16.5. The molecule has 2 heteroatoms. The molecule has 0 amide bonds.